The molecule has 10 heteroatoms. The number of amides is 1. The number of hydrogen-bond donors (Lipinski definition) is 1. The normalized spacial score (nSPS) is 11.4. The molecule has 37 heavy (non-hydrogen) atoms. The molecule has 0 unspecified atom stereocenters. The van der Waals surface area contributed by atoms with E-state index in [4.69, 9.17) is 21.1 Å². The minimum absolute atomic E-state index is 0.176. The van der Waals surface area contributed by atoms with E-state index in [1.807, 2.05) is 24.3 Å². The van der Waals surface area contributed by atoms with Crippen molar-refractivity contribution in [2.75, 3.05) is 31.3 Å². The highest BCUT2D eigenvalue weighted by molar-refractivity contribution is 7.92. The summed E-state index contributed by atoms with van der Waals surface area (Å²) >= 11 is 7.33. The number of hydrogen-bond acceptors (Lipinski definition) is 6. The van der Waals surface area contributed by atoms with Gasteiger partial charge in [-0.25, -0.2) is 8.42 Å². The van der Waals surface area contributed by atoms with Gasteiger partial charge in [-0.05, 0) is 71.5 Å². The van der Waals surface area contributed by atoms with Crippen molar-refractivity contribution in [1.82, 2.24) is 5.32 Å². The fourth-order valence-corrected chi connectivity index (χ4v) is 5.86. The van der Waals surface area contributed by atoms with Gasteiger partial charge in [-0.1, -0.05) is 29.8 Å². The van der Waals surface area contributed by atoms with Crippen molar-refractivity contribution in [2.24, 2.45) is 0 Å². The van der Waals surface area contributed by atoms with E-state index >= 15 is 0 Å². The number of carbonyl (C=O) groups is 1. The van der Waals surface area contributed by atoms with Crippen molar-refractivity contribution in [3.63, 3.8) is 0 Å². The number of sulfonamides is 1. The van der Waals surface area contributed by atoms with Gasteiger partial charge in [-0.15, -0.1) is 11.3 Å². The molecule has 1 amide bonds. The Morgan fingerprint density at radius 3 is 2.32 bits per heavy atom. The van der Waals surface area contributed by atoms with E-state index in [0.29, 0.717) is 40.1 Å². The lowest BCUT2D eigenvalue weighted by Crippen LogP contribution is -2.29. The lowest BCUT2D eigenvalue weighted by molar-refractivity contribution is 0.0958. The summed E-state index contributed by atoms with van der Waals surface area (Å²) < 4.78 is 38.0. The average Bonchev–Trinajstić information content (AvgIpc) is 3.31. The number of carbonyl (C=O) groups excluding carboxylic acids is 1. The second kappa shape index (κ2) is 11.4. The molecule has 4 aromatic rings. The van der Waals surface area contributed by atoms with Gasteiger partial charge in [-0.2, -0.15) is 0 Å². The van der Waals surface area contributed by atoms with Crippen LogP contribution in [0.4, 0.5) is 5.69 Å². The van der Waals surface area contributed by atoms with E-state index in [0.717, 1.165) is 21.2 Å². The Bertz CT molecular complexity index is 1520. The van der Waals surface area contributed by atoms with Crippen LogP contribution >= 0.6 is 22.9 Å². The zero-order valence-electron chi connectivity index (χ0n) is 20.7. The van der Waals surface area contributed by atoms with Gasteiger partial charge in [0.1, 0.15) is 0 Å². The second-order valence-corrected chi connectivity index (χ2v) is 11.9. The van der Waals surface area contributed by atoms with E-state index in [1.54, 1.807) is 56.7 Å². The number of nitrogens with zero attached hydrogens (tertiary/aromatic N) is 1. The van der Waals surface area contributed by atoms with E-state index in [-0.39, 0.29) is 12.5 Å². The van der Waals surface area contributed by atoms with Crippen LogP contribution < -0.4 is 19.1 Å². The predicted molar refractivity (Wildman–Crippen MR) is 150 cm³/mol. The van der Waals surface area contributed by atoms with Crippen molar-refractivity contribution in [2.45, 2.75) is 13.0 Å². The number of thiophene rings is 1. The molecule has 1 aromatic heterocycles. The first-order valence-electron chi connectivity index (χ1n) is 11.4. The lowest BCUT2D eigenvalue weighted by Gasteiger charge is -2.22. The third-order valence-electron chi connectivity index (χ3n) is 5.80. The van der Waals surface area contributed by atoms with E-state index in [1.165, 1.54) is 21.9 Å². The predicted octanol–water partition coefficient (Wildman–Crippen LogP) is 5.51. The molecule has 0 saturated heterocycles. The van der Waals surface area contributed by atoms with Crippen LogP contribution in [0.15, 0.2) is 66.7 Å². The Balaban J connectivity index is 1.47. The summed E-state index contributed by atoms with van der Waals surface area (Å²) in [5.41, 5.74) is 2.36. The van der Waals surface area contributed by atoms with Crippen molar-refractivity contribution >= 4 is 54.6 Å². The molecule has 0 spiro atoms. The number of benzene rings is 3. The summed E-state index contributed by atoms with van der Waals surface area (Å²) in [4.78, 5) is 13.4. The Kier molecular flexibility index (Phi) is 8.26. The zero-order valence-corrected chi connectivity index (χ0v) is 23.0. The van der Waals surface area contributed by atoms with E-state index in [2.05, 4.69) is 5.32 Å². The maximum atomic E-state index is 12.8. The SMILES string of the molecule is COc1ccc(CCNC(=O)c2cc3cc(N(Cc4ccc(Cl)cc4)S(C)(=O)=O)ccc3s2)cc1OC. The molecule has 3 aromatic carbocycles. The smallest absolute Gasteiger partial charge is 0.261 e. The summed E-state index contributed by atoms with van der Waals surface area (Å²) in [7, 11) is -0.371. The maximum absolute atomic E-state index is 12.8. The molecule has 1 N–H and O–H groups in total. The molecule has 4 rings (SSSR count). The van der Waals surface area contributed by atoms with Gasteiger partial charge < -0.3 is 14.8 Å². The van der Waals surface area contributed by atoms with Crippen LogP contribution in [0, 0.1) is 0 Å². The van der Waals surface area contributed by atoms with Gasteiger partial charge in [0.25, 0.3) is 5.91 Å². The molecule has 0 saturated carbocycles. The molecule has 1 heterocycles. The number of rotatable bonds is 10. The second-order valence-electron chi connectivity index (χ2n) is 8.42. The number of halogens is 1. The van der Waals surface area contributed by atoms with Crippen LogP contribution in [0.2, 0.25) is 5.02 Å². The summed E-state index contributed by atoms with van der Waals surface area (Å²) in [6.07, 6.45) is 1.81. The molecule has 0 aliphatic heterocycles. The Labute approximate surface area is 225 Å². The number of methoxy groups -OCH3 is 2. The highest BCUT2D eigenvalue weighted by Gasteiger charge is 2.19. The Morgan fingerprint density at radius 1 is 0.946 bits per heavy atom. The first-order valence-corrected chi connectivity index (χ1v) is 14.5. The number of ether oxygens (including phenoxy) is 2. The third-order valence-corrected chi connectivity index (χ3v) is 8.31. The van der Waals surface area contributed by atoms with Crippen molar-refractivity contribution in [3.8, 4) is 11.5 Å². The van der Waals surface area contributed by atoms with Gasteiger partial charge >= 0.3 is 0 Å². The van der Waals surface area contributed by atoms with Crippen molar-refractivity contribution in [3.05, 3.63) is 87.8 Å². The fraction of sp³-hybridized carbons (Fsp3) is 0.222. The minimum atomic E-state index is -3.54. The number of nitrogens with one attached hydrogen (secondary N) is 1. The maximum Gasteiger partial charge on any atom is 0.261 e. The summed E-state index contributed by atoms with van der Waals surface area (Å²) in [6, 6.07) is 19.9. The van der Waals surface area contributed by atoms with Gasteiger partial charge in [0.05, 0.1) is 37.6 Å². The van der Waals surface area contributed by atoms with Crippen LogP contribution in [-0.2, 0) is 23.0 Å². The van der Waals surface area contributed by atoms with Crippen LogP contribution in [0.3, 0.4) is 0 Å². The molecule has 0 aliphatic carbocycles. The Hall–Kier alpha value is -3.27. The molecule has 194 valence electrons. The number of fused-ring (bicyclic) bond motifs is 1. The van der Waals surface area contributed by atoms with Crippen molar-refractivity contribution < 1.29 is 22.7 Å². The van der Waals surface area contributed by atoms with Gasteiger partial charge in [-0.3, -0.25) is 9.10 Å². The van der Waals surface area contributed by atoms with Crippen LogP contribution in [0.5, 0.6) is 11.5 Å². The molecule has 0 bridgehead atoms. The third kappa shape index (κ3) is 6.54. The number of anilines is 1. The van der Waals surface area contributed by atoms with Crippen LogP contribution in [-0.4, -0.2) is 41.3 Å². The zero-order chi connectivity index (χ0) is 26.6. The van der Waals surface area contributed by atoms with Crippen LogP contribution in [0.1, 0.15) is 20.8 Å². The van der Waals surface area contributed by atoms with Crippen LogP contribution in [0.25, 0.3) is 10.1 Å². The standard InChI is InChI=1S/C27H27ClN2O5S2/c1-34-23-10-6-18(14-24(23)35-2)12-13-29-27(31)26-16-20-15-22(9-11-25(20)36-26)30(37(3,32)33)17-19-4-7-21(28)8-5-19/h4-11,14-16H,12-13,17H2,1-3H3,(H,29,31). The van der Waals surface area contributed by atoms with Gasteiger partial charge in [0.2, 0.25) is 10.0 Å². The van der Waals surface area contributed by atoms with Crippen molar-refractivity contribution in [1.29, 1.82) is 0 Å². The highest BCUT2D eigenvalue weighted by atomic mass is 35.5. The monoisotopic (exact) mass is 558 g/mol. The molecule has 0 aliphatic rings. The first-order chi connectivity index (χ1) is 17.7. The Morgan fingerprint density at radius 2 is 1.65 bits per heavy atom. The largest absolute Gasteiger partial charge is 0.493 e. The molecular formula is C27H27ClN2O5S2. The first kappa shape index (κ1) is 26.8. The summed E-state index contributed by atoms with van der Waals surface area (Å²) in [5.74, 6) is 1.12. The summed E-state index contributed by atoms with van der Waals surface area (Å²) in [5, 5.41) is 4.35. The minimum Gasteiger partial charge on any atom is -0.493 e. The van der Waals surface area contributed by atoms with E-state index < -0.39 is 10.0 Å². The quantitative estimate of drug-likeness (QED) is 0.277. The molecule has 7 nitrogen and oxygen atoms in total. The van der Waals surface area contributed by atoms with Gasteiger partial charge in [0.15, 0.2) is 11.5 Å². The lowest BCUT2D eigenvalue weighted by atomic mass is 10.1. The van der Waals surface area contributed by atoms with Gasteiger partial charge in [0, 0.05) is 16.3 Å². The molecule has 0 atom stereocenters. The highest BCUT2D eigenvalue weighted by Crippen LogP contribution is 2.31. The topological polar surface area (TPSA) is 84.9 Å². The average molecular weight is 559 g/mol. The molecule has 0 radical (unpaired) electrons. The summed E-state index contributed by atoms with van der Waals surface area (Å²) in [6.45, 7) is 0.631. The molecular weight excluding hydrogens is 532 g/mol. The van der Waals surface area contributed by atoms with E-state index in [9.17, 15) is 13.2 Å². The fourth-order valence-electron chi connectivity index (χ4n) is 3.90. The molecule has 0 fully saturated rings.